The summed E-state index contributed by atoms with van der Waals surface area (Å²) in [5.74, 6) is -1.71. The molecule has 2 rings (SSSR count). The van der Waals surface area contributed by atoms with Crippen molar-refractivity contribution in [1.82, 2.24) is 5.32 Å². The third-order valence-electron chi connectivity index (χ3n) is 2.99. The molecule has 0 aliphatic heterocycles. The number of hydrogen-bond donors (Lipinski definition) is 3. The number of halogens is 1. The van der Waals surface area contributed by atoms with E-state index in [0.717, 1.165) is 6.07 Å². The highest BCUT2D eigenvalue weighted by atomic mass is 19.1. The number of carbonyl (C=O) groups excluding carboxylic acids is 2. The predicted molar refractivity (Wildman–Crippen MR) is 82.0 cm³/mol. The van der Waals surface area contributed by atoms with Crippen LogP contribution in [0.5, 0.6) is 11.5 Å². The highest BCUT2D eigenvalue weighted by molar-refractivity contribution is 5.99. The van der Waals surface area contributed by atoms with Gasteiger partial charge in [0.25, 0.3) is 5.91 Å². The summed E-state index contributed by atoms with van der Waals surface area (Å²) in [7, 11) is 1.41. The number of nitrogens with one attached hydrogen (secondary N) is 2. The number of phenolic OH excluding ortho intramolecular Hbond substituents is 1. The number of benzene rings is 2. The van der Waals surface area contributed by atoms with E-state index in [1.165, 1.54) is 43.5 Å². The average molecular weight is 318 g/mol. The average Bonchev–Trinajstić information content (AvgIpc) is 2.53. The van der Waals surface area contributed by atoms with E-state index >= 15 is 0 Å². The fraction of sp³-hybridized carbons (Fsp3) is 0.125. The van der Waals surface area contributed by atoms with Crippen LogP contribution in [0.3, 0.4) is 0 Å². The second-order valence-corrected chi connectivity index (χ2v) is 4.60. The largest absolute Gasteiger partial charge is 0.504 e. The molecular weight excluding hydrogens is 303 g/mol. The van der Waals surface area contributed by atoms with E-state index in [2.05, 4.69) is 10.6 Å². The minimum absolute atomic E-state index is 0.124. The van der Waals surface area contributed by atoms with E-state index < -0.39 is 17.6 Å². The van der Waals surface area contributed by atoms with E-state index in [0.29, 0.717) is 5.69 Å². The summed E-state index contributed by atoms with van der Waals surface area (Å²) in [6.45, 7) is -0.333. The predicted octanol–water partition coefficient (Wildman–Crippen LogP) is 1.91. The Hall–Kier alpha value is -3.09. The molecule has 0 fully saturated rings. The maximum Gasteiger partial charge on any atom is 0.254 e. The third-order valence-corrected chi connectivity index (χ3v) is 2.99. The first-order valence-electron chi connectivity index (χ1n) is 6.71. The molecule has 0 aliphatic carbocycles. The number of hydrogen-bond acceptors (Lipinski definition) is 4. The van der Waals surface area contributed by atoms with Crippen molar-refractivity contribution in [2.24, 2.45) is 0 Å². The first-order chi connectivity index (χ1) is 11.0. The quantitative estimate of drug-likeness (QED) is 0.786. The van der Waals surface area contributed by atoms with E-state index in [9.17, 15) is 19.1 Å². The van der Waals surface area contributed by atoms with Crippen molar-refractivity contribution in [3.8, 4) is 11.5 Å². The van der Waals surface area contributed by atoms with E-state index in [1.807, 2.05) is 0 Å². The Morgan fingerprint density at radius 2 is 1.96 bits per heavy atom. The Kier molecular flexibility index (Phi) is 5.14. The van der Waals surface area contributed by atoms with Crippen LogP contribution in [0.2, 0.25) is 0 Å². The molecule has 0 bridgehead atoms. The van der Waals surface area contributed by atoms with Crippen LogP contribution in [-0.2, 0) is 4.79 Å². The maximum absolute atomic E-state index is 13.4. The summed E-state index contributed by atoms with van der Waals surface area (Å²) < 4.78 is 18.3. The third kappa shape index (κ3) is 4.19. The lowest BCUT2D eigenvalue weighted by atomic mass is 10.2. The van der Waals surface area contributed by atoms with Crippen LogP contribution in [0.1, 0.15) is 10.4 Å². The minimum atomic E-state index is -0.684. The van der Waals surface area contributed by atoms with Crippen LogP contribution in [0.15, 0.2) is 42.5 Å². The fourth-order valence-corrected chi connectivity index (χ4v) is 1.87. The van der Waals surface area contributed by atoms with Crippen molar-refractivity contribution in [2.45, 2.75) is 0 Å². The summed E-state index contributed by atoms with van der Waals surface area (Å²) in [6.07, 6.45) is 0. The Labute approximate surface area is 131 Å². The molecule has 0 atom stereocenters. The van der Waals surface area contributed by atoms with Gasteiger partial charge < -0.3 is 20.5 Å². The lowest BCUT2D eigenvalue weighted by molar-refractivity contribution is -0.115. The van der Waals surface area contributed by atoms with Gasteiger partial charge in [0.15, 0.2) is 11.5 Å². The van der Waals surface area contributed by atoms with E-state index in [4.69, 9.17) is 4.74 Å². The summed E-state index contributed by atoms with van der Waals surface area (Å²) in [5.41, 5.74) is 0.204. The molecule has 0 heterocycles. The van der Waals surface area contributed by atoms with Crippen molar-refractivity contribution in [2.75, 3.05) is 19.0 Å². The van der Waals surface area contributed by atoms with Gasteiger partial charge in [-0.25, -0.2) is 4.39 Å². The number of amides is 2. The van der Waals surface area contributed by atoms with Gasteiger partial charge in [0.2, 0.25) is 5.91 Å². The van der Waals surface area contributed by atoms with Gasteiger partial charge in [0.05, 0.1) is 19.2 Å². The van der Waals surface area contributed by atoms with Gasteiger partial charge in [0, 0.05) is 11.8 Å². The molecule has 0 saturated heterocycles. The van der Waals surface area contributed by atoms with Gasteiger partial charge in [-0.05, 0) is 24.3 Å². The summed E-state index contributed by atoms with van der Waals surface area (Å²) in [5, 5.41) is 14.4. The van der Waals surface area contributed by atoms with E-state index in [-0.39, 0.29) is 23.6 Å². The molecule has 7 heteroatoms. The molecule has 2 amide bonds. The zero-order valence-electron chi connectivity index (χ0n) is 12.3. The topological polar surface area (TPSA) is 87.7 Å². The van der Waals surface area contributed by atoms with Crippen molar-refractivity contribution in [3.05, 3.63) is 53.8 Å². The Morgan fingerprint density at radius 3 is 2.61 bits per heavy atom. The Balaban J connectivity index is 1.91. The lowest BCUT2D eigenvalue weighted by Gasteiger charge is -2.09. The zero-order chi connectivity index (χ0) is 16.8. The Morgan fingerprint density at radius 1 is 1.22 bits per heavy atom. The van der Waals surface area contributed by atoms with Crippen molar-refractivity contribution < 1.29 is 23.8 Å². The second kappa shape index (κ2) is 7.26. The number of aromatic hydroxyl groups is 1. The smallest absolute Gasteiger partial charge is 0.254 e. The summed E-state index contributed by atoms with van der Waals surface area (Å²) in [6, 6.07) is 9.82. The van der Waals surface area contributed by atoms with Crippen molar-refractivity contribution >= 4 is 17.5 Å². The Bertz CT molecular complexity index is 734. The molecule has 2 aromatic rings. The van der Waals surface area contributed by atoms with Crippen LogP contribution >= 0.6 is 0 Å². The number of anilines is 1. The van der Waals surface area contributed by atoms with Gasteiger partial charge in [-0.1, -0.05) is 12.1 Å². The number of methoxy groups -OCH3 is 1. The van der Waals surface area contributed by atoms with Gasteiger partial charge >= 0.3 is 0 Å². The molecule has 6 nitrogen and oxygen atoms in total. The van der Waals surface area contributed by atoms with Gasteiger partial charge in [-0.2, -0.15) is 0 Å². The molecule has 120 valence electrons. The molecule has 0 unspecified atom stereocenters. The van der Waals surface area contributed by atoms with E-state index in [1.54, 1.807) is 0 Å². The SMILES string of the molecule is COc1ccc(NC(=O)CNC(=O)c2ccccc2F)cc1O. The van der Waals surface area contributed by atoms with Crippen LogP contribution < -0.4 is 15.4 Å². The maximum atomic E-state index is 13.4. The van der Waals surface area contributed by atoms with Gasteiger partial charge in [-0.3, -0.25) is 9.59 Å². The van der Waals surface area contributed by atoms with Crippen molar-refractivity contribution in [3.63, 3.8) is 0 Å². The van der Waals surface area contributed by atoms with Gasteiger partial charge in [0.1, 0.15) is 5.82 Å². The first-order valence-corrected chi connectivity index (χ1v) is 6.71. The lowest BCUT2D eigenvalue weighted by Crippen LogP contribution is -2.33. The normalized spacial score (nSPS) is 10.0. The van der Waals surface area contributed by atoms with Crippen LogP contribution in [0, 0.1) is 5.82 Å². The highest BCUT2D eigenvalue weighted by Gasteiger charge is 2.12. The number of ether oxygens (including phenoxy) is 1. The molecule has 2 aromatic carbocycles. The van der Waals surface area contributed by atoms with Crippen molar-refractivity contribution in [1.29, 1.82) is 0 Å². The van der Waals surface area contributed by atoms with Crippen LogP contribution in [-0.4, -0.2) is 30.6 Å². The molecule has 0 aromatic heterocycles. The number of carbonyl (C=O) groups is 2. The molecule has 0 saturated carbocycles. The molecule has 0 radical (unpaired) electrons. The van der Waals surface area contributed by atoms with Gasteiger partial charge in [-0.15, -0.1) is 0 Å². The molecule has 0 aliphatic rings. The standard InChI is InChI=1S/C16H15FN2O4/c1-23-14-7-6-10(8-13(14)20)19-15(21)9-18-16(22)11-4-2-3-5-12(11)17/h2-8,20H,9H2,1H3,(H,18,22)(H,19,21). The summed E-state index contributed by atoms with van der Waals surface area (Å²) in [4.78, 5) is 23.5. The zero-order valence-corrected chi connectivity index (χ0v) is 12.3. The monoisotopic (exact) mass is 318 g/mol. The highest BCUT2D eigenvalue weighted by Crippen LogP contribution is 2.28. The first kappa shape index (κ1) is 16.3. The number of phenols is 1. The number of rotatable bonds is 5. The fourth-order valence-electron chi connectivity index (χ4n) is 1.87. The molecule has 3 N–H and O–H groups in total. The van der Waals surface area contributed by atoms with Crippen LogP contribution in [0.4, 0.5) is 10.1 Å². The molecule has 23 heavy (non-hydrogen) atoms. The molecular formula is C16H15FN2O4. The second-order valence-electron chi connectivity index (χ2n) is 4.60. The molecule has 0 spiro atoms. The van der Waals surface area contributed by atoms with Crippen LogP contribution in [0.25, 0.3) is 0 Å². The minimum Gasteiger partial charge on any atom is -0.504 e. The summed E-state index contributed by atoms with van der Waals surface area (Å²) >= 11 is 0.